The molecule has 3 rings (SSSR count). The second-order valence-corrected chi connectivity index (χ2v) is 9.15. The number of benzene rings is 1. The first-order chi connectivity index (χ1) is 14.1. The third-order valence-electron chi connectivity index (χ3n) is 4.91. The lowest BCUT2D eigenvalue weighted by molar-refractivity contribution is -0.136. The fraction of sp³-hybridized carbons (Fsp3) is 0.450. The maximum atomic E-state index is 12.4. The lowest BCUT2D eigenvalue weighted by Gasteiger charge is -2.37. The summed E-state index contributed by atoms with van der Waals surface area (Å²) in [6.07, 6.45) is 1.57. The largest absolute Gasteiger partial charge is 0.362 e. The van der Waals surface area contributed by atoms with E-state index in [-0.39, 0.29) is 11.9 Å². The van der Waals surface area contributed by atoms with E-state index in [9.17, 15) is 4.79 Å². The number of carbonyl (C=O) groups is 1. The molecular formula is C20H25Cl3N6O. The van der Waals surface area contributed by atoms with Gasteiger partial charge in [0, 0.05) is 36.2 Å². The smallest absolute Gasteiger partial charge is 0.242 e. The van der Waals surface area contributed by atoms with Crippen LogP contribution in [0.25, 0.3) is 0 Å². The van der Waals surface area contributed by atoms with Gasteiger partial charge in [0.1, 0.15) is 5.02 Å². The van der Waals surface area contributed by atoms with Crippen LogP contribution in [0.5, 0.6) is 0 Å². The van der Waals surface area contributed by atoms with Crippen molar-refractivity contribution in [2.24, 2.45) is 5.73 Å². The van der Waals surface area contributed by atoms with Gasteiger partial charge in [-0.3, -0.25) is 4.79 Å². The number of hydrogen-bond donors (Lipinski definition) is 2. The Bertz CT molecular complexity index is 925. The normalized spacial score (nSPS) is 15.8. The molecule has 0 unspecified atom stereocenters. The summed E-state index contributed by atoms with van der Waals surface area (Å²) in [5, 5.41) is 4.85. The molecule has 1 aliphatic heterocycles. The van der Waals surface area contributed by atoms with Crippen molar-refractivity contribution in [2.45, 2.75) is 32.4 Å². The molecule has 1 aromatic heterocycles. The van der Waals surface area contributed by atoms with Gasteiger partial charge in [-0.1, -0.05) is 40.9 Å². The summed E-state index contributed by atoms with van der Waals surface area (Å²) in [7, 11) is 0. The number of carbonyl (C=O) groups excluding carboxylic acids is 1. The number of nitrogens with two attached hydrogens (primary N) is 1. The minimum Gasteiger partial charge on any atom is -0.362 e. The van der Waals surface area contributed by atoms with Gasteiger partial charge < -0.3 is 20.9 Å². The van der Waals surface area contributed by atoms with Gasteiger partial charge in [-0.25, -0.2) is 4.98 Å². The van der Waals surface area contributed by atoms with E-state index in [0.717, 1.165) is 5.56 Å². The topological polar surface area (TPSA) is 87.4 Å². The van der Waals surface area contributed by atoms with Crippen molar-refractivity contribution in [2.75, 3.05) is 36.4 Å². The molecule has 3 N–H and O–H groups in total. The maximum absolute atomic E-state index is 12.4. The van der Waals surface area contributed by atoms with Crippen LogP contribution in [-0.4, -0.2) is 52.5 Å². The van der Waals surface area contributed by atoms with Crippen LogP contribution in [0.4, 0.5) is 11.8 Å². The molecule has 1 saturated heterocycles. The minimum atomic E-state index is -0.880. The van der Waals surface area contributed by atoms with E-state index >= 15 is 0 Å². The Morgan fingerprint density at radius 1 is 1.17 bits per heavy atom. The molecule has 10 heteroatoms. The predicted molar refractivity (Wildman–Crippen MR) is 123 cm³/mol. The average molecular weight is 472 g/mol. The SMILES string of the molecule is C[C@@H](Nc1nc(N2CCN(C(=O)C(C)(C)N)CC2)ncc1Cl)c1ccc(Cl)cc1Cl. The van der Waals surface area contributed by atoms with Crippen molar-refractivity contribution in [3.05, 3.63) is 45.0 Å². The summed E-state index contributed by atoms with van der Waals surface area (Å²) < 4.78 is 0. The minimum absolute atomic E-state index is 0.0600. The highest BCUT2D eigenvalue weighted by Crippen LogP contribution is 2.30. The number of nitrogens with zero attached hydrogens (tertiary/aromatic N) is 4. The van der Waals surface area contributed by atoms with Crippen LogP contribution < -0.4 is 16.0 Å². The fourth-order valence-electron chi connectivity index (χ4n) is 3.26. The number of hydrogen-bond acceptors (Lipinski definition) is 6. The van der Waals surface area contributed by atoms with Crippen LogP contribution in [0, 0.1) is 0 Å². The quantitative estimate of drug-likeness (QED) is 0.685. The van der Waals surface area contributed by atoms with Crippen LogP contribution >= 0.6 is 34.8 Å². The van der Waals surface area contributed by atoms with E-state index in [1.807, 2.05) is 17.9 Å². The number of rotatable bonds is 5. The molecule has 0 aliphatic carbocycles. The molecule has 1 amide bonds. The molecule has 2 aromatic rings. The summed E-state index contributed by atoms with van der Waals surface area (Å²) in [5.41, 5.74) is 5.94. The zero-order chi connectivity index (χ0) is 22.1. The van der Waals surface area contributed by atoms with Crippen molar-refractivity contribution < 1.29 is 4.79 Å². The molecule has 0 saturated carbocycles. The first kappa shape index (κ1) is 22.9. The van der Waals surface area contributed by atoms with Crippen molar-refractivity contribution in [3.8, 4) is 0 Å². The van der Waals surface area contributed by atoms with Gasteiger partial charge >= 0.3 is 0 Å². The zero-order valence-electron chi connectivity index (χ0n) is 17.1. The first-order valence-corrected chi connectivity index (χ1v) is 10.8. The summed E-state index contributed by atoms with van der Waals surface area (Å²) in [5.74, 6) is 1.01. The Morgan fingerprint density at radius 3 is 2.43 bits per heavy atom. The van der Waals surface area contributed by atoms with Crippen LogP contribution in [0.15, 0.2) is 24.4 Å². The Hall–Kier alpha value is -1.80. The summed E-state index contributed by atoms with van der Waals surface area (Å²) >= 11 is 18.6. The molecule has 162 valence electrons. The molecule has 1 atom stereocenters. The highest BCUT2D eigenvalue weighted by Gasteiger charge is 2.31. The number of halogens is 3. The van der Waals surface area contributed by atoms with E-state index in [4.69, 9.17) is 40.5 Å². The van der Waals surface area contributed by atoms with E-state index in [1.165, 1.54) is 0 Å². The van der Waals surface area contributed by atoms with E-state index < -0.39 is 5.54 Å². The summed E-state index contributed by atoms with van der Waals surface area (Å²) in [6, 6.07) is 5.22. The molecule has 2 heterocycles. The lowest BCUT2D eigenvalue weighted by Crippen LogP contribution is -2.57. The molecule has 7 nitrogen and oxygen atoms in total. The van der Waals surface area contributed by atoms with Crippen molar-refractivity contribution in [3.63, 3.8) is 0 Å². The Balaban J connectivity index is 1.71. The lowest BCUT2D eigenvalue weighted by atomic mass is 10.1. The van der Waals surface area contributed by atoms with Gasteiger partial charge in [-0.15, -0.1) is 0 Å². The first-order valence-electron chi connectivity index (χ1n) is 9.63. The second kappa shape index (κ2) is 9.14. The van der Waals surface area contributed by atoms with Crippen molar-refractivity contribution >= 4 is 52.5 Å². The summed E-state index contributed by atoms with van der Waals surface area (Å²) in [4.78, 5) is 25.1. The van der Waals surface area contributed by atoms with E-state index in [1.54, 1.807) is 37.1 Å². The molecule has 1 aromatic carbocycles. The van der Waals surface area contributed by atoms with Crippen LogP contribution in [0.1, 0.15) is 32.4 Å². The molecule has 30 heavy (non-hydrogen) atoms. The second-order valence-electron chi connectivity index (χ2n) is 7.90. The third-order valence-corrected chi connectivity index (χ3v) is 5.75. The Labute approximate surface area is 191 Å². The van der Waals surface area contributed by atoms with Gasteiger partial charge in [0.15, 0.2) is 5.82 Å². The molecule has 0 spiro atoms. The molecule has 1 fully saturated rings. The van der Waals surface area contributed by atoms with Crippen LogP contribution in [0.2, 0.25) is 15.1 Å². The standard InChI is InChI=1S/C20H25Cl3N6O/c1-12(14-5-4-13(21)10-15(14)22)26-17-16(23)11-25-19(27-17)29-8-6-28(7-9-29)18(30)20(2,3)24/h4-5,10-12H,6-9,24H2,1-3H3,(H,25,26,27)/t12-/m1/s1. The summed E-state index contributed by atoms with van der Waals surface area (Å²) in [6.45, 7) is 7.75. The average Bonchev–Trinajstić information content (AvgIpc) is 2.68. The number of aromatic nitrogens is 2. The van der Waals surface area contributed by atoms with Crippen molar-refractivity contribution in [1.82, 2.24) is 14.9 Å². The van der Waals surface area contributed by atoms with Crippen LogP contribution in [-0.2, 0) is 4.79 Å². The van der Waals surface area contributed by atoms with Crippen molar-refractivity contribution in [1.29, 1.82) is 0 Å². The maximum Gasteiger partial charge on any atom is 0.242 e. The van der Waals surface area contributed by atoms with Gasteiger partial charge in [-0.05, 0) is 38.5 Å². The van der Waals surface area contributed by atoms with Gasteiger partial charge in [0.05, 0.1) is 17.8 Å². The Kier molecular flexibility index (Phi) is 6.97. The molecule has 0 radical (unpaired) electrons. The zero-order valence-corrected chi connectivity index (χ0v) is 19.4. The number of nitrogens with one attached hydrogen (secondary N) is 1. The van der Waals surface area contributed by atoms with Gasteiger partial charge in [-0.2, -0.15) is 4.98 Å². The molecular weight excluding hydrogens is 447 g/mol. The highest BCUT2D eigenvalue weighted by atomic mass is 35.5. The van der Waals surface area contributed by atoms with Gasteiger partial charge in [0.25, 0.3) is 0 Å². The van der Waals surface area contributed by atoms with Crippen LogP contribution in [0.3, 0.4) is 0 Å². The number of amides is 1. The molecule has 0 bridgehead atoms. The Morgan fingerprint density at radius 2 is 1.83 bits per heavy atom. The fourth-order valence-corrected chi connectivity index (χ4v) is 3.98. The van der Waals surface area contributed by atoms with Gasteiger partial charge in [0.2, 0.25) is 11.9 Å². The molecule has 1 aliphatic rings. The van der Waals surface area contributed by atoms with E-state index in [0.29, 0.717) is 53.0 Å². The highest BCUT2D eigenvalue weighted by molar-refractivity contribution is 6.35. The third kappa shape index (κ3) is 5.27. The number of anilines is 2. The van der Waals surface area contributed by atoms with E-state index in [2.05, 4.69) is 15.3 Å². The monoisotopic (exact) mass is 470 g/mol. The number of piperazine rings is 1. The predicted octanol–water partition coefficient (Wildman–Crippen LogP) is 4.00.